The molecule has 8 heteroatoms. The summed E-state index contributed by atoms with van der Waals surface area (Å²) in [4.78, 5) is 13.9. The van der Waals surface area contributed by atoms with Gasteiger partial charge in [-0.25, -0.2) is 17.1 Å². The second-order valence-corrected chi connectivity index (χ2v) is 8.05. The summed E-state index contributed by atoms with van der Waals surface area (Å²) >= 11 is 0. The van der Waals surface area contributed by atoms with E-state index < -0.39 is 15.8 Å². The first-order valence-electron chi connectivity index (χ1n) is 8.39. The molecule has 2 aromatic rings. The highest BCUT2D eigenvalue weighted by Crippen LogP contribution is 2.27. The van der Waals surface area contributed by atoms with Crippen LogP contribution in [0.2, 0.25) is 0 Å². The third-order valence-electron chi connectivity index (χ3n) is 4.21. The van der Waals surface area contributed by atoms with Gasteiger partial charge in [-0.2, -0.15) is 0 Å². The molecule has 0 radical (unpaired) electrons. The summed E-state index contributed by atoms with van der Waals surface area (Å²) in [6, 6.07) is 11.8. The molecule has 0 heterocycles. The molecular formula is C19H23FN2O4S. The maximum Gasteiger partial charge on any atom is 0.242 e. The Kier molecular flexibility index (Phi) is 6.92. The van der Waals surface area contributed by atoms with Crippen molar-refractivity contribution in [2.75, 3.05) is 32.6 Å². The molecule has 146 valence electrons. The highest BCUT2D eigenvalue weighted by Gasteiger charge is 2.21. The lowest BCUT2D eigenvalue weighted by molar-refractivity contribution is -0.118. The molecule has 0 bridgehead atoms. The summed E-state index contributed by atoms with van der Waals surface area (Å²) in [7, 11) is 0.909. The van der Waals surface area contributed by atoms with E-state index in [0.717, 1.165) is 16.4 Å². The molecule has 6 nitrogen and oxygen atoms in total. The molecule has 0 aliphatic heterocycles. The van der Waals surface area contributed by atoms with Crippen LogP contribution in [0, 0.1) is 5.82 Å². The number of halogens is 1. The number of nitrogens with zero attached hydrogens (tertiary/aromatic N) is 2. The van der Waals surface area contributed by atoms with Crippen LogP contribution in [-0.2, 0) is 14.8 Å². The van der Waals surface area contributed by atoms with E-state index in [9.17, 15) is 17.6 Å². The lowest BCUT2D eigenvalue weighted by Crippen LogP contribution is -2.30. The van der Waals surface area contributed by atoms with Gasteiger partial charge in [0.25, 0.3) is 0 Å². The van der Waals surface area contributed by atoms with E-state index in [1.54, 1.807) is 19.2 Å². The summed E-state index contributed by atoms with van der Waals surface area (Å²) in [6.45, 7) is 0.172. The topological polar surface area (TPSA) is 66.9 Å². The van der Waals surface area contributed by atoms with Crippen LogP contribution in [0.1, 0.15) is 12.8 Å². The molecule has 0 unspecified atom stereocenters. The van der Waals surface area contributed by atoms with Crippen molar-refractivity contribution < 1.29 is 22.3 Å². The zero-order chi connectivity index (χ0) is 20.0. The van der Waals surface area contributed by atoms with Gasteiger partial charge < -0.3 is 9.64 Å². The Bertz CT molecular complexity index is 885. The molecule has 0 fully saturated rings. The van der Waals surface area contributed by atoms with Gasteiger partial charge in [-0.3, -0.25) is 4.79 Å². The number of sulfonamides is 1. The second kappa shape index (κ2) is 8.96. The van der Waals surface area contributed by atoms with E-state index in [2.05, 4.69) is 0 Å². The van der Waals surface area contributed by atoms with Crippen LogP contribution in [0.4, 0.5) is 10.1 Å². The summed E-state index contributed by atoms with van der Waals surface area (Å²) in [5.41, 5.74) is 0.650. The Morgan fingerprint density at radius 2 is 1.70 bits per heavy atom. The van der Waals surface area contributed by atoms with Gasteiger partial charge >= 0.3 is 0 Å². The molecule has 0 atom stereocenters. The fourth-order valence-electron chi connectivity index (χ4n) is 2.57. The lowest BCUT2D eigenvalue weighted by Gasteiger charge is -2.21. The summed E-state index contributed by atoms with van der Waals surface area (Å²) in [5, 5.41) is 0. The largest absolute Gasteiger partial charge is 0.495 e. The van der Waals surface area contributed by atoms with Crippen molar-refractivity contribution >= 4 is 21.6 Å². The van der Waals surface area contributed by atoms with Crippen LogP contribution in [0.5, 0.6) is 5.75 Å². The normalized spacial score (nSPS) is 11.4. The van der Waals surface area contributed by atoms with E-state index >= 15 is 0 Å². The molecule has 0 aliphatic rings. The standard InChI is InChI=1S/C19H23FN2O4S/c1-21(27(24,25)16-12-10-15(20)11-13-16)14-6-9-19(23)22(2)17-7-4-5-8-18(17)26-3/h4-5,7-8,10-13H,6,9,14H2,1-3H3. The van der Waals surface area contributed by atoms with Gasteiger partial charge in [0.1, 0.15) is 11.6 Å². The zero-order valence-corrected chi connectivity index (χ0v) is 16.4. The summed E-state index contributed by atoms with van der Waals surface area (Å²) in [5.74, 6) is -0.0574. The predicted molar refractivity (Wildman–Crippen MR) is 102 cm³/mol. The molecule has 0 aromatic heterocycles. The van der Waals surface area contributed by atoms with E-state index in [0.29, 0.717) is 17.9 Å². The number of para-hydroxylation sites is 2. The first kappa shape index (κ1) is 20.9. The summed E-state index contributed by atoms with van der Waals surface area (Å²) < 4.78 is 44.3. The fourth-order valence-corrected chi connectivity index (χ4v) is 3.78. The molecule has 0 saturated heterocycles. The maximum atomic E-state index is 13.0. The minimum absolute atomic E-state index is 0.0175. The molecule has 27 heavy (non-hydrogen) atoms. The molecule has 0 aliphatic carbocycles. The van der Waals surface area contributed by atoms with Crippen LogP contribution in [0.3, 0.4) is 0 Å². The fraction of sp³-hybridized carbons (Fsp3) is 0.316. The van der Waals surface area contributed by atoms with Gasteiger partial charge in [0.05, 0.1) is 17.7 Å². The van der Waals surface area contributed by atoms with Crippen LogP contribution in [0.15, 0.2) is 53.4 Å². The predicted octanol–water partition coefficient (Wildman–Crippen LogP) is 2.90. The minimum Gasteiger partial charge on any atom is -0.495 e. The average molecular weight is 394 g/mol. The van der Waals surface area contributed by atoms with Crippen LogP contribution in [0.25, 0.3) is 0 Å². The number of carbonyl (C=O) groups is 1. The number of amides is 1. The van der Waals surface area contributed by atoms with E-state index in [-0.39, 0.29) is 23.8 Å². The zero-order valence-electron chi connectivity index (χ0n) is 15.6. The van der Waals surface area contributed by atoms with E-state index in [4.69, 9.17) is 4.74 Å². The Morgan fingerprint density at radius 1 is 1.07 bits per heavy atom. The van der Waals surface area contributed by atoms with Crippen molar-refractivity contribution in [1.82, 2.24) is 4.31 Å². The van der Waals surface area contributed by atoms with Gasteiger partial charge in [-0.1, -0.05) is 12.1 Å². The number of anilines is 1. The van der Waals surface area contributed by atoms with Gasteiger partial charge in [-0.15, -0.1) is 0 Å². The van der Waals surface area contributed by atoms with Gasteiger partial charge in [0.15, 0.2) is 0 Å². The summed E-state index contributed by atoms with van der Waals surface area (Å²) in [6.07, 6.45) is 0.535. The number of rotatable bonds is 8. The Labute approximate surface area is 159 Å². The Balaban J connectivity index is 1.94. The first-order valence-corrected chi connectivity index (χ1v) is 9.83. The lowest BCUT2D eigenvalue weighted by atomic mass is 10.2. The van der Waals surface area contributed by atoms with Crippen LogP contribution >= 0.6 is 0 Å². The Morgan fingerprint density at radius 3 is 2.33 bits per heavy atom. The highest BCUT2D eigenvalue weighted by molar-refractivity contribution is 7.89. The quantitative estimate of drug-likeness (QED) is 0.691. The Hall–Kier alpha value is -2.45. The molecule has 0 N–H and O–H groups in total. The van der Waals surface area contributed by atoms with Crippen molar-refractivity contribution in [3.05, 3.63) is 54.3 Å². The van der Waals surface area contributed by atoms with Crippen molar-refractivity contribution in [2.24, 2.45) is 0 Å². The van der Waals surface area contributed by atoms with Gasteiger partial charge in [0, 0.05) is 27.1 Å². The SMILES string of the molecule is COc1ccccc1N(C)C(=O)CCCN(C)S(=O)(=O)c1ccc(F)cc1. The molecular weight excluding hydrogens is 371 g/mol. The number of methoxy groups -OCH3 is 1. The molecule has 0 saturated carbocycles. The minimum atomic E-state index is -3.72. The van der Waals surface area contributed by atoms with Crippen LogP contribution in [-0.4, -0.2) is 46.4 Å². The van der Waals surface area contributed by atoms with Gasteiger partial charge in [0.2, 0.25) is 15.9 Å². The number of carbonyl (C=O) groups excluding carboxylic acids is 1. The molecule has 2 aromatic carbocycles. The molecule has 1 amide bonds. The maximum absolute atomic E-state index is 13.0. The van der Waals surface area contributed by atoms with Gasteiger partial charge in [-0.05, 0) is 42.8 Å². The van der Waals surface area contributed by atoms with Crippen molar-refractivity contribution in [3.8, 4) is 5.75 Å². The first-order chi connectivity index (χ1) is 12.8. The third-order valence-corrected chi connectivity index (χ3v) is 6.08. The highest BCUT2D eigenvalue weighted by atomic mass is 32.2. The average Bonchev–Trinajstić information content (AvgIpc) is 2.67. The monoisotopic (exact) mass is 394 g/mol. The number of hydrogen-bond donors (Lipinski definition) is 0. The van der Waals surface area contributed by atoms with E-state index in [1.807, 2.05) is 12.1 Å². The van der Waals surface area contributed by atoms with Crippen molar-refractivity contribution in [2.45, 2.75) is 17.7 Å². The number of hydrogen-bond acceptors (Lipinski definition) is 4. The smallest absolute Gasteiger partial charge is 0.242 e. The van der Waals surface area contributed by atoms with E-state index in [1.165, 1.54) is 31.2 Å². The third kappa shape index (κ3) is 5.05. The van der Waals surface area contributed by atoms with Crippen molar-refractivity contribution in [3.63, 3.8) is 0 Å². The molecule has 0 spiro atoms. The van der Waals surface area contributed by atoms with Crippen LogP contribution < -0.4 is 9.64 Å². The molecule has 2 rings (SSSR count). The number of benzene rings is 2. The van der Waals surface area contributed by atoms with Crippen molar-refractivity contribution in [1.29, 1.82) is 0 Å². The number of ether oxygens (including phenoxy) is 1. The second-order valence-electron chi connectivity index (χ2n) is 6.01.